The van der Waals surface area contributed by atoms with Crippen molar-refractivity contribution in [1.29, 1.82) is 0 Å². The lowest BCUT2D eigenvalue weighted by atomic mass is 10.4. The number of hydrogen-bond acceptors (Lipinski definition) is 4. The first-order valence-corrected chi connectivity index (χ1v) is 4.03. The van der Waals surface area contributed by atoms with Crippen LogP contribution in [0.1, 0.15) is 6.42 Å². The minimum atomic E-state index is -1.15. The van der Waals surface area contributed by atoms with Crippen LogP contribution in [0.3, 0.4) is 0 Å². The third-order valence-corrected chi connectivity index (χ3v) is 1.17. The molecule has 0 atom stereocenters. The summed E-state index contributed by atoms with van der Waals surface area (Å²) >= 11 is 0. The summed E-state index contributed by atoms with van der Waals surface area (Å²) in [7, 11) is 1.57. The van der Waals surface area contributed by atoms with Gasteiger partial charge in [0.05, 0.1) is 0 Å². The van der Waals surface area contributed by atoms with Crippen LogP contribution in [0.5, 0.6) is 0 Å². The monoisotopic (exact) mass is 206 g/mol. The second-order valence-corrected chi connectivity index (χ2v) is 2.39. The van der Waals surface area contributed by atoms with Gasteiger partial charge < -0.3 is 15.2 Å². The zero-order chi connectivity index (χ0) is 10.8. The molecule has 0 spiro atoms. The van der Waals surface area contributed by atoms with Gasteiger partial charge in [0, 0.05) is 20.3 Å². The van der Waals surface area contributed by atoms with E-state index in [4.69, 9.17) is 9.84 Å². The number of methoxy groups -OCH3 is 1. The van der Waals surface area contributed by atoms with Gasteiger partial charge in [-0.3, -0.25) is 4.84 Å². The Kier molecular flexibility index (Phi) is 7.48. The maximum Gasteiger partial charge on any atom is 0.338 e. The van der Waals surface area contributed by atoms with Crippen molar-refractivity contribution in [3.8, 4) is 0 Å². The van der Waals surface area contributed by atoms with Crippen molar-refractivity contribution in [2.24, 2.45) is 0 Å². The minimum Gasteiger partial charge on any atom is -0.479 e. The van der Waals surface area contributed by atoms with Crippen LogP contribution >= 0.6 is 0 Å². The molecule has 14 heavy (non-hydrogen) atoms. The average Bonchev–Trinajstić information content (AvgIpc) is 2.12. The van der Waals surface area contributed by atoms with E-state index in [2.05, 4.69) is 10.2 Å². The number of rotatable bonds is 7. The third-order valence-electron chi connectivity index (χ3n) is 1.17. The quantitative estimate of drug-likeness (QED) is 0.379. The summed E-state index contributed by atoms with van der Waals surface area (Å²) in [5.41, 5.74) is 1.92. The second kappa shape index (κ2) is 8.27. The Bertz CT molecular complexity index is 185. The largest absolute Gasteiger partial charge is 0.479 e. The van der Waals surface area contributed by atoms with Crippen LogP contribution < -0.4 is 10.8 Å². The van der Waals surface area contributed by atoms with Crippen LogP contribution in [0.25, 0.3) is 0 Å². The lowest BCUT2D eigenvalue weighted by Crippen LogP contribution is -2.37. The Morgan fingerprint density at radius 3 is 2.71 bits per heavy atom. The van der Waals surface area contributed by atoms with Crippen molar-refractivity contribution in [2.75, 3.05) is 26.9 Å². The van der Waals surface area contributed by atoms with E-state index < -0.39 is 18.6 Å². The Morgan fingerprint density at radius 2 is 2.14 bits per heavy atom. The predicted molar refractivity (Wildman–Crippen MR) is 46.6 cm³/mol. The zero-order valence-corrected chi connectivity index (χ0v) is 7.91. The first-order valence-electron chi connectivity index (χ1n) is 4.03. The molecule has 7 nitrogen and oxygen atoms in total. The van der Waals surface area contributed by atoms with E-state index in [-0.39, 0.29) is 0 Å². The molecule has 0 heterocycles. The van der Waals surface area contributed by atoms with Gasteiger partial charge in [0.25, 0.3) is 0 Å². The molecule has 0 saturated carbocycles. The molecule has 0 fully saturated rings. The molecule has 7 heteroatoms. The van der Waals surface area contributed by atoms with E-state index in [9.17, 15) is 9.59 Å². The fourth-order valence-electron chi connectivity index (χ4n) is 0.618. The Hall–Kier alpha value is -1.34. The van der Waals surface area contributed by atoms with Gasteiger partial charge in [0.2, 0.25) is 0 Å². The molecule has 0 aliphatic rings. The SMILES string of the molecule is COCCCNC(=O)NOCC(=O)O. The highest BCUT2D eigenvalue weighted by Gasteiger charge is 2.00. The third kappa shape index (κ3) is 8.75. The summed E-state index contributed by atoms with van der Waals surface area (Å²) in [5.74, 6) is -1.15. The molecule has 0 rings (SSSR count). The Morgan fingerprint density at radius 1 is 1.43 bits per heavy atom. The first kappa shape index (κ1) is 12.7. The fourth-order valence-corrected chi connectivity index (χ4v) is 0.618. The number of aliphatic carboxylic acids is 1. The molecule has 0 radical (unpaired) electrons. The van der Waals surface area contributed by atoms with E-state index in [0.717, 1.165) is 0 Å². The fraction of sp³-hybridized carbons (Fsp3) is 0.714. The van der Waals surface area contributed by atoms with E-state index in [1.54, 1.807) is 7.11 Å². The normalized spacial score (nSPS) is 9.50. The Labute approximate surface area is 81.3 Å². The van der Waals surface area contributed by atoms with Crippen LogP contribution in [0, 0.1) is 0 Å². The van der Waals surface area contributed by atoms with E-state index in [1.807, 2.05) is 5.48 Å². The van der Waals surface area contributed by atoms with Gasteiger partial charge in [-0.15, -0.1) is 0 Å². The van der Waals surface area contributed by atoms with Crippen molar-refractivity contribution >= 4 is 12.0 Å². The molecule has 0 aliphatic carbocycles. The van der Waals surface area contributed by atoms with Crippen molar-refractivity contribution < 1.29 is 24.3 Å². The number of urea groups is 1. The van der Waals surface area contributed by atoms with Crippen molar-refractivity contribution in [3.05, 3.63) is 0 Å². The van der Waals surface area contributed by atoms with Gasteiger partial charge in [-0.25, -0.2) is 15.1 Å². The van der Waals surface area contributed by atoms with Gasteiger partial charge in [0.15, 0.2) is 6.61 Å². The Balaban J connectivity index is 3.24. The van der Waals surface area contributed by atoms with Crippen molar-refractivity contribution in [3.63, 3.8) is 0 Å². The van der Waals surface area contributed by atoms with Gasteiger partial charge in [-0.1, -0.05) is 0 Å². The lowest BCUT2D eigenvalue weighted by molar-refractivity contribution is -0.144. The van der Waals surface area contributed by atoms with Gasteiger partial charge >= 0.3 is 12.0 Å². The van der Waals surface area contributed by atoms with E-state index in [0.29, 0.717) is 19.6 Å². The highest BCUT2D eigenvalue weighted by Crippen LogP contribution is 1.77. The highest BCUT2D eigenvalue weighted by atomic mass is 16.7. The van der Waals surface area contributed by atoms with Crippen LogP contribution in [-0.4, -0.2) is 44.0 Å². The van der Waals surface area contributed by atoms with E-state index in [1.165, 1.54) is 0 Å². The molecule has 82 valence electrons. The highest BCUT2D eigenvalue weighted by molar-refractivity contribution is 5.73. The molecular formula is C7H14N2O5. The molecule has 0 aromatic carbocycles. The standard InChI is InChI=1S/C7H14N2O5/c1-13-4-2-3-8-7(12)9-14-5-6(10)11/h2-5H2,1H3,(H,10,11)(H2,8,9,12). The number of hydroxylamine groups is 1. The van der Waals surface area contributed by atoms with Crippen LogP contribution in [0.15, 0.2) is 0 Å². The van der Waals surface area contributed by atoms with Crippen LogP contribution in [0.4, 0.5) is 4.79 Å². The minimum absolute atomic E-state index is 0.441. The van der Waals surface area contributed by atoms with Crippen LogP contribution in [-0.2, 0) is 14.4 Å². The number of carboxylic acids is 1. The predicted octanol–water partition coefficient (Wildman–Crippen LogP) is -0.662. The molecular weight excluding hydrogens is 192 g/mol. The number of amides is 2. The topological polar surface area (TPSA) is 96.9 Å². The van der Waals surface area contributed by atoms with Crippen molar-refractivity contribution in [1.82, 2.24) is 10.8 Å². The number of carboxylic acid groups (broad SMARTS) is 1. The number of carbonyl (C=O) groups excluding carboxylic acids is 1. The molecule has 0 aromatic rings. The molecule has 0 bridgehead atoms. The number of ether oxygens (including phenoxy) is 1. The smallest absolute Gasteiger partial charge is 0.338 e. The zero-order valence-electron chi connectivity index (χ0n) is 7.91. The molecule has 3 N–H and O–H groups in total. The molecule has 0 aliphatic heterocycles. The number of carbonyl (C=O) groups is 2. The van der Waals surface area contributed by atoms with Gasteiger partial charge in [-0.05, 0) is 6.42 Å². The van der Waals surface area contributed by atoms with Gasteiger partial charge in [-0.2, -0.15) is 0 Å². The summed E-state index contributed by atoms with van der Waals surface area (Å²) in [4.78, 5) is 25.1. The van der Waals surface area contributed by atoms with Crippen LogP contribution in [0.2, 0.25) is 0 Å². The summed E-state index contributed by atoms with van der Waals surface area (Å²) in [6, 6.07) is -0.567. The van der Waals surface area contributed by atoms with Gasteiger partial charge in [0.1, 0.15) is 0 Å². The maximum absolute atomic E-state index is 10.8. The summed E-state index contributed by atoms with van der Waals surface area (Å²) in [5, 5.41) is 10.6. The lowest BCUT2D eigenvalue weighted by Gasteiger charge is -2.05. The summed E-state index contributed by atoms with van der Waals surface area (Å²) in [6.45, 7) is 0.428. The number of hydrogen-bond donors (Lipinski definition) is 3. The summed E-state index contributed by atoms with van der Waals surface area (Å²) < 4.78 is 4.76. The molecule has 2 amide bonds. The maximum atomic E-state index is 10.8. The summed E-state index contributed by atoms with van der Waals surface area (Å²) in [6.07, 6.45) is 0.683. The second-order valence-electron chi connectivity index (χ2n) is 2.39. The number of nitrogens with one attached hydrogen (secondary N) is 2. The molecule has 0 aromatic heterocycles. The average molecular weight is 206 g/mol. The first-order chi connectivity index (χ1) is 6.66. The van der Waals surface area contributed by atoms with Crippen molar-refractivity contribution in [2.45, 2.75) is 6.42 Å². The van der Waals surface area contributed by atoms with E-state index >= 15 is 0 Å². The molecule has 0 saturated heterocycles. The molecule has 0 unspecified atom stereocenters.